The molecule has 0 bridgehead atoms. The Morgan fingerprint density at radius 1 is 1.03 bits per heavy atom. The number of ether oxygens (including phenoxy) is 3. The molecule has 1 aromatic carbocycles. The van der Waals surface area contributed by atoms with Crippen molar-refractivity contribution in [1.82, 2.24) is 0 Å². The molecule has 0 aliphatic carbocycles. The van der Waals surface area contributed by atoms with Gasteiger partial charge in [0, 0.05) is 6.61 Å². The maximum atomic E-state index is 12.7. The van der Waals surface area contributed by atoms with E-state index in [0.717, 1.165) is 24.7 Å². The van der Waals surface area contributed by atoms with E-state index >= 15 is 0 Å². The predicted octanol–water partition coefficient (Wildman–Crippen LogP) is 4.95. The lowest BCUT2D eigenvalue weighted by molar-refractivity contribution is 0.0692. The van der Waals surface area contributed by atoms with Crippen LogP contribution in [0.15, 0.2) is 17.5 Å². The number of amides is 1. The predicted molar refractivity (Wildman–Crippen MR) is 124 cm³/mol. The van der Waals surface area contributed by atoms with Crippen molar-refractivity contribution in [2.75, 3.05) is 32.8 Å². The highest BCUT2D eigenvalue weighted by molar-refractivity contribution is 7.12. The third-order valence-electron chi connectivity index (χ3n) is 4.90. The molecule has 1 aromatic heterocycles. The first kappa shape index (κ1) is 25.5. The van der Waals surface area contributed by atoms with Crippen LogP contribution in [-0.2, 0) is 11.2 Å². The second kappa shape index (κ2) is 12.9. The number of methoxy groups -OCH3 is 2. The first-order chi connectivity index (χ1) is 15.4. The van der Waals surface area contributed by atoms with Crippen molar-refractivity contribution in [2.24, 2.45) is 0 Å². The van der Waals surface area contributed by atoms with E-state index in [2.05, 4.69) is 12.2 Å². The first-order valence-corrected chi connectivity index (χ1v) is 11.5. The number of aromatic carboxylic acids is 1. The quantitative estimate of drug-likeness (QED) is 0.267. The lowest BCUT2D eigenvalue weighted by Gasteiger charge is -2.16. The van der Waals surface area contributed by atoms with Crippen LogP contribution >= 0.6 is 11.3 Å². The van der Waals surface area contributed by atoms with E-state index < -0.39 is 23.2 Å². The number of carbonyl (C=O) groups excluding carboxylic acids is 1. The molecule has 1 amide bonds. The van der Waals surface area contributed by atoms with Crippen LogP contribution in [-0.4, -0.2) is 49.5 Å². The minimum atomic E-state index is -1.36. The highest BCUT2D eigenvalue weighted by Crippen LogP contribution is 2.45. The lowest BCUT2D eigenvalue weighted by Crippen LogP contribution is -2.13. The molecule has 0 spiro atoms. The summed E-state index contributed by atoms with van der Waals surface area (Å²) in [7, 11) is 2.61. The Morgan fingerprint density at radius 2 is 1.75 bits per heavy atom. The number of rotatable bonds is 14. The van der Waals surface area contributed by atoms with Gasteiger partial charge in [0.2, 0.25) is 5.75 Å². The van der Waals surface area contributed by atoms with Crippen LogP contribution in [0.5, 0.6) is 17.2 Å². The van der Waals surface area contributed by atoms with Crippen molar-refractivity contribution in [3.8, 4) is 17.2 Å². The molecule has 176 valence electrons. The molecular formula is C23H31NO7S. The third-order valence-corrected chi connectivity index (χ3v) is 5.88. The standard InChI is InChI=1S/C23H31NO7S/c1-4-5-6-7-8-10-31-11-9-15-12-18(32-14-15)22(26)24-17-13-16(23(27)28)19(25)21(30-3)20(17)29-2/h12-14,25H,4-11H2,1-3H3,(H,24,26)(H,27,28). The van der Waals surface area contributed by atoms with Crippen molar-refractivity contribution in [3.05, 3.63) is 33.5 Å². The van der Waals surface area contributed by atoms with Gasteiger partial charge < -0.3 is 29.7 Å². The molecule has 0 unspecified atom stereocenters. The van der Waals surface area contributed by atoms with Gasteiger partial charge in [-0.1, -0.05) is 32.6 Å². The molecule has 0 saturated carbocycles. The molecule has 0 radical (unpaired) electrons. The van der Waals surface area contributed by atoms with Gasteiger partial charge in [0.05, 0.1) is 31.4 Å². The highest BCUT2D eigenvalue weighted by atomic mass is 32.1. The second-order valence-electron chi connectivity index (χ2n) is 7.24. The smallest absolute Gasteiger partial charge is 0.339 e. The van der Waals surface area contributed by atoms with Gasteiger partial charge in [-0.05, 0) is 35.9 Å². The Hall–Kier alpha value is -2.78. The zero-order chi connectivity index (χ0) is 23.5. The summed E-state index contributed by atoms with van der Waals surface area (Å²) in [5.74, 6) is -2.48. The number of nitrogens with one attached hydrogen (secondary N) is 1. The van der Waals surface area contributed by atoms with Gasteiger partial charge in [-0.2, -0.15) is 0 Å². The Morgan fingerprint density at radius 3 is 2.41 bits per heavy atom. The number of carboxylic acids is 1. The fourth-order valence-electron chi connectivity index (χ4n) is 3.19. The summed E-state index contributed by atoms with van der Waals surface area (Å²) in [6.07, 6.45) is 6.69. The molecule has 0 aliphatic heterocycles. The van der Waals surface area contributed by atoms with E-state index in [0.29, 0.717) is 17.9 Å². The summed E-state index contributed by atoms with van der Waals surface area (Å²) >= 11 is 1.29. The van der Waals surface area contributed by atoms with Gasteiger partial charge in [0.1, 0.15) is 5.56 Å². The number of hydrogen-bond donors (Lipinski definition) is 3. The number of carboxylic acid groups (broad SMARTS) is 1. The number of aromatic hydroxyl groups is 1. The van der Waals surface area contributed by atoms with Crippen molar-refractivity contribution < 1.29 is 34.0 Å². The topological polar surface area (TPSA) is 114 Å². The van der Waals surface area contributed by atoms with E-state index in [1.165, 1.54) is 51.2 Å². The lowest BCUT2D eigenvalue weighted by atomic mass is 10.1. The maximum Gasteiger partial charge on any atom is 0.339 e. The van der Waals surface area contributed by atoms with E-state index in [4.69, 9.17) is 14.2 Å². The number of unbranched alkanes of at least 4 members (excludes halogenated alkanes) is 4. The summed E-state index contributed by atoms with van der Waals surface area (Å²) in [4.78, 5) is 24.6. The van der Waals surface area contributed by atoms with Gasteiger partial charge in [0.15, 0.2) is 11.5 Å². The Kier molecular flexibility index (Phi) is 10.3. The van der Waals surface area contributed by atoms with Gasteiger partial charge >= 0.3 is 5.97 Å². The second-order valence-corrected chi connectivity index (χ2v) is 8.15. The fraction of sp³-hybridized carbons (Fsp3) is 0.478. The summed E-state index contributed by atoms with van der Waals surface area (Å²) < 4.78 is 16.0. The van der Waals surface area contributed by atoms with Crippen molar-refractivity contribution in [2.45, 2.75) is 45.4 Å². The molecule has 2 aromatic rings. The third kappa shape index (κ3) is 6.86. The zero-order valence-electron chi connectivity index (χ0n) is 18.7. The number of hydrogen-bond acceptors (Lipinski definition) is 7. The fourth-order valence-corrected chi connectivity index (χ4v) is 4.03. The SMILES string of the molecule is CCCCCCCOCCc1csc(C(=O)Nc2cc(C(=O)O)c(O)c(OC)c2OC)c1. The molecule has 3 N–H and O–H groups in total. The Balaban J connectivity index is 1.98. The van der Waals surface area contributed by atoms with E-state index in [1.54, 1.807) is 6.07 Å². The summed E-state index contributed by atoms with van der Waals surface area (Å²) in [5.41, 5.74) is 0.676. The zero-order valence-corrected chi connectivity index (χ0v) is 19.5. The van der Waals surface area contributed by atoms with E-state index in [-0.39, 0.29) is 17.2 Å². The van der Waals surface area contributed by atoms with Crippen LogP contribution in [0.25, 0.3) is 0 Å². The van der Waals surface area contributed by atoms with E-state index in [1.807, 2.05) is 5.38 Å². The maximum absolute atomic E-state index is 12.7. The summed E-state index contributed by atoms with van der Waals surface area (Å²) in [6, 6.07) is 2.92. The number of anilines is 1. The van der Waals surface area contributed by atoms with Crippen LogP contribution in [0.2, 0.25) is 0 Å². The Labute approximate surface area is 192 Å². The number of phenols is 1. The molecule has 32 heavy (non-hydrogen) atoms. The average Bonchev–Trinajstić information content (AvgIpc) is 3.25. The molecular weight excluding hydrogens is 434 g/mol. The monoisotopic (exact) mass is 465 g/mol. The van der Waals surface area contributed by atoms with E-state index in [9.17, 15) is 19.8 Å². The molecule has 0 aliphatic rings. The molecule has 2 rings (SSSR count). The van der Waals surface area contributed by atoms with Crippen LogP contribution in [0.3, 0.4) is 0 Å². The van der Waals surface area contributed by atoms with Crippen LogP contribution in [0.4, 0.5) is 5.69 Å². The number of thiophene rings is 1. The van der Waals surface area contributed by atoms with Gasteiger partial charge in [-0.25, -0.2) is 4.79 Å². The van der Waals surface area contributed by atoms with Crippen LogP contribution in [0, 0.1) is 0 Å². The van der Waals surface area contributed by atoms with Crippen molar-refractivity contribution >= 4 is 28.9 Å². The van der Waals surface area contributed by atoms with Gasteiger partial charge in [-0.15, -0.1) is 11.3 Å². The molecule has 0 saturated heterocycles. The molecule has 8 nitrogen and oxygen atoms in total. The molecule has 9 heteroatoms. The van der Waals surface area contributed by atoms with Crippen molar-refractivity contribution in [3.63, 3.8) is 0 Å². The first-order valence-electron chi connectivity index (χ1n) is 10.6. The number of carbonyl (C=O) groups is 2. The molecule has 0 atom stereocenters. The minimum Gasteiger partial charge on any atom is -0.504 e. The normalized spacial score (nSPS) is 10.7. The minimum absolute atomic E-state index is 0.0347. The summed E-state index contributed by atoms with van der Waals surface area (Å²) in [6.45, 7) is 3.53. The average molecular weight is 466 g/mol. The summed E-state index contributed by atoms with van der Waals surface area (Å²) in [5, 5.41) is 24.0. The Bertz CT molecular complexity index is 910. The molecule has 1 heterocycles. The molecule has 0 fully saturated rings. The van der Waals surface area contributed by atoms with Crippen LogP contribution in [0.1, 0.15) is 64.6 Å². The van der Waals surface area contributed by atoms with Crippen molar-refractivity contribution in [1.29, 1.82) is 0 Å². The van der Waals surface area contributed by atoms with Gasteiger partial charge in [0.25, 0.3) is 5.91 Å². The van der Waals surface area contributed by atoms with Crippen LogP contribution < -0.4 is 14.8 Å². The van der Waals surface area contributed by atoms with Gasteiger partial charge in [-0.3, -0.25) is 4.79 Å². The largest absolute Gasteiger partial charge is 0.504 e. The number of benzene rings is 1. The highest BCUT2D eigenvalue weighted by Gasteiger charge is 2.24.